The van der Waals surface area contributed by atoms with Crippen molar-refractivity contribution in [3.63, 3.8) is 0 Å². The van der Waals surface area contributed by atoms with E-state index in [0.29, 0.717) is 0 Å². The van der Waals surface area contributed by atoms with Gasteiger partial charge in [-0.15, -0.1) is 0 Å². The fourth-order valence-electron chi connectivity index (χ4n) is 1.42. The van der Waals surface area contributed by atoms with Gasteiger partial charge in [-0.25, -0.2) is 4.98 Å². The fourth-order valence-corrected chi connectivity index (χ4v) is 1.42. The second-order valence-corrected chi connectivity index (χ2v) is 3.07. The zero-order chi connectivity index (χ0) is 8.55. The lowest BCUT2D eigenvalue weighted by atomic mass is 10.2. The van der Waals surface area contributed by atoms with Crippen LogP contribution in [0.2, 0.25) is 0 Å². The van der Waals surface area contributed by atoms with Crippen molar-refractivity contribution in [2.75, 3.05) is 18.5 Å². The predicted molar refractivity (Wildman–Crippen MR) is 46.4 cm³/mol. The summed E-state index contributed by atoms with van der Waals surface area (Å²) in [6, 6.07) is 4.83. The van der Waals surface area contributed by atoms with Crippen LogP contribution in [-0.2, 0) is 0 Å². The van der Waals surface area contributed by atoms with E-state index in [0.717, 1.165) is 18.1 Å². The highest BCUT2D eigenvalue weighted by molar-refractivity contribution is 5.55. The van der Waals surface area contributed by atoms with E-state index in [9.17, 15) is 0 Å². The highest BCUT2D eigenvalue weighted by atomic mass is 16.5. The largest absolute Gasteiger partial charge is 0.471 e. The summed E-state index contributed by atoms with van der Waals surface area (Å²) < 4.78 is 5.53. The Morgan fingerprint density at radius 3 is 3.42 bits per heavy atom. The first kappa shape index (κ1) is 7.40. The molecule has 3 heteroatoms. The van der Waals surface area contributed by atoms with E-state index >= 15 is 0 Å². The Labute approximate surface area is 72.0 Å². The monoisotopic (exact) mass is 163 g/mol. The van der Waals surface area contributed by atoms with E-state index in [2.05, 4.69) is 16.0 Å². The van der Waals surface area contributed by atoms with Gasteiger partial charge in [-0.3, -0.25) is 0 Å². The van der Waals surface area contributed by atoms with Gasteiger partial charge in [0.25, 0.3) is 0 Å². The standard InChI is InChI=1S/C9H11N2O/c1-7-6-11(2)8-4-3-5-10-9(8)12-7/h4-5,7H,6H2,1-2H3/t7-/m0/s1. The Hall–Kier alpha value is -1.25. The number of pyridine rings is 1. The molecule has 0 amide bonds. The van der Waals surface area contributed by atoms with E-state index in [1.165, 1.54) is 0 Å². The van der Waals surface area contributed by atoms with Crippen LogP contribution in [0.4, 0.5) is 5.69 Å². The quantitative estimate of drug-likeness (QED) is 0.572. The third-order valence-corrected chi connectivity index (χ3v) is 1.95. The summed E-state index contributed by atoms with van der Waals surface area (Å²) in [5.41, 5.74) is 1.02. The van der Waals surface area contributed by atoms with Crippen molar-refractivity contribution in [3.8, 4) is 5.88 Å². The van der Waals surface area contributed by atoms with Crippen LogP contribution in [0.5, 0.6) is 5.88 Å². The molecular weight excluding hydrogens is 152 g/mol. The number of likely N-dealkylation sites (N-methyl/N-ethyl adjacent to an activating group) is 1. The molecule has 0 saturated carbocycles. The van der Waals surface area contributed by atoms with Crippen LogP contribution in [0, 0.1) is 6.07 Å². The summed E-state index contributed by atoms with van der Waals surface area (Å²) in [4.78, 5) is 6.23. The van der Waals surface area contributed by atoms with Gasteiger partial charge in [-0.1, -0.05) is 0 Å². The maximum Gasteiger partial charge on any atom is 0.237 e. The Morgan fingerprint density at radius 2 is 2.58 bits per heavy atom. The van der Waals surface area contributed by atoms with E-state index in [1.54, 1.807) is 6.20 Å². The van der Waals surface area contributed by atoms with E-state index < -0.39 is 0 Å². The molecule has 63 valence electrons. The number of nitrogens with zero attached hydrogens (tertiary/aromatic N) is 2. The van der Waals surface area contributed by atoms with Crippen LogP contribution in [0.1, 0.15) is 6.92 Å². The van der Waals surface area contributed by atoms with E-state index in [4.69, 9.17) is 4.74 Å². The van der Waals surface area contributed by atoms with Gasteiger partial charge in [0.1, 0.15) is 11.8 Å². The molecule has 1 radical (unpaired) electrons. The van der Waals surface area contributed by atoms with Crippen molar-refractivity contribution in [2.24, 2.45) is 0 Å². The number of aromatic nitrogens is 1. The molecule has 2 heterocycles. The van der Waals surface area contributed by atoms with Gasteiger partial charge in [0, 0.05) is 19.3 Å². The molecule has 0 aromatic carbocycles. The topological polar surface area (TPSA) is 25.4 Å². The highest BCUT2D eigenvalue weighted by Crippen LogP contribution is 2.28. The highest BCUT2D eigenvalue weighted by Gasteiger charge is 2.20. The summed E-state index contributed by atoms with van der Waals surface area (Å²) in [5, 5.41) is 0. The van der Waals surface area contributed by atoms with Crippen LogP contribution in [0.3, 0.4) is 0 Å². The third-order valence-electron chi connectivity index (χ3n) is 1.95. The molecule has 2 rings (SSSR count). The molecule has 3 nitrogen and oxygen atoms in total. The van der Waals surface area contributed by atoms with Gasteiger partial charge < -0.3 is 9.64 Å². The van der Waals surface area contributed by atoms with Crippen molar-refractivity contribution < 1.29 is 4.74 Å². The van der Waals surface area contributed by atoms with Crippen molar-refractivity contribution in [1.29, 1.82) is 0 Å². The second-order valence-electron chi connectivity index (χ2n) is 3.07. The SMILES string of the molecule is C[C@H]1CN(C)c2c[c]cnc2O1. The molecule has 1 aliphatic heterocycles. The van der Waals surface area contributed by atoms with Crippen LogP contribution < -0.4 is 9.64 Å². The lowest BCUT2D eigenvalue weighted by Crippen LogP contribution is -2.35. The first-order chi connectivity index (χ1) is 5.77. The summed E-state index contributed by atoms with van der Waals surface area (Å²) in [5.74, 6) is 0.718. The normalized spacial score (nSPS) is 21.5. The van der Waals surface area contributed by atoms with Crippen LogP contribution in [0.25, 0.3) is 0 Å². The zero-order valence-corrected chi connectivity index (χ0v) is 7.24. The number of rotatable bonds is 0. The van der Waals surface area contributed by atoms with Gasteiger partial charge in [0.2, 0.25) is 5.88 Å². The fraction of sp³-hybridized carbons (Fsp3) is 0.444. The van der Waals surface area contributed by atoms with E-state index in [1.807, 2.05) is 20.0 Å². The maximum absolute atomic E-state index is 5.53. The van der Waals surface area contributed by atoms with Crippen molar-refractivity contribution in [1.82, 2.24) is 4.98 Å². The zero-order valence-electron chi connectivity index (χ0n) is 7.24. The molecule has 1 atom stereocenters. The summed E-state index contributed by atoms with van der Waals surface area (Å²) >= 11 is 0. The van der Waals surface area contributed by atoms with Crippen molar-refractivity contribution in [3.05, 3.63) is 18.3 Å². The molecule has 0 N–H and O–H groups in total. The third kappa shape index (κ3) is 1.11. The Balaban J connectivity index is 2.40. The van der Waals surface area contributed by atoms with Gasteiger partial charge in [0.05, 0.1) is 6.54 Å². The van der Waals surface area contributed by atoms with Crippen molar-refractivity contribution in [2.45, 2.75) is 13.0 Å². The number of hydrogen-bond acceptors (Lipinski definition) is 3. The van der Waals surface area contributed by atoms with Gasteiger partial charge >= 0.3 is 0 Å². The number of ether oxygens (including phenoxy) is 1. The lowest BCUT2D eigenvalue weighted by Gasteiger charge is -2.30. The number of anilines is 1. The predicted octanol–water partition coefficient (Wildman–Crippen LogP) is 1.10. The molecule has 1 aliphatic rings. The summed E-state index contributed by atoms with van der Waals surface area (Å²) in [6.07, 6.45) is 1.85. The van der Waals surface area contributed by atoms with Gasteiger partial charge in [0.15, 0.2) is 0 Å². The Morgan fingerprint density at radius 1 is 1.75 bits per heavy atom. The number of hydrogen-bond donors (Lipinski definition) is 0. The van der Waals surface area contributed by atoms with Gasteiger partial charge in [-0.2, -0.15) is 0 Å². The summed E-state index contributed by atoms with van der Waals surface area (Å²) in [6.45, 7) is 2.95. The van der Waals surface area contributed by atoms with Crippen LogP contribution >= 0.6 is 0 Å². The molecule has 1 aromatic heterocycles. The van der Waals surface area contributed by atoms with Crippen LogP contribution in [-0.4, -0.2) is 24.7 Å². The number of fused-ring (bicyclic) bond motifs is 1. The molecule has 0 bridgehead atoms. The minimum Gasteiger partial charge on any atom is -0.471 e. The second kappa shape index (κ2) is 2.66. The molecule has 0 unspecified atom stereocenters. The molecule has 0 fully saturated rings. The molecule has 0 saturated heterocycles. The van der Waals surface area contributed by atoms with Crippen LogP contribution in [0.15, 0.2) is 12.3 Å². The molecule has 12 heavy (non-hydrogen) atoms. The average Bonchev–Trinajstić information content (AvgIpc) is 2.04. The minimum absolute atomic E-state index is 0.220. The van der Waals surface area contributed by atoms with Crippen molar-refractivity contribution >= 4 is 5.69 Å². The first-order valence-corrected chi connectivity index (χ1v) is 4.01. The lowest BCUT2D eigenvalue weighted by molar-refractivity contribution is 0.206. The average molecular weight is 163 g/mol. The smallest absolute Gasteiger partial charge is 0.237 e. The summed E-state index contributed by atoms with van der Waals surface area (Å²) in [7, 11) is 2.04. The molecular formula is C9H11N2O. The Kier molecular flexibility index (Phi) is 1.64. The van der Waals surface area contributed by atoms with E-state index in [-0.39, 0.29) is 6.10 Å². The Bertz CT molecular complexity index is 288. The molecule has 1 aromatic rings. The molecule has 0 spiro atoms. The molecule has 0 aliphatic carbocycles. The minimum atomic E-state index is 0.220. The first-order valence-electron chi connectivity index (χ1n) is 4.01. The maximum atomic E-state index is 5.53. The van der Waals surface area contributed by atoms with Gasteiger partial charge in [-0.05, 0) is 13.0 Å².